The molecule has 0 saturated carbocycles. The van der Waals surface area contributed by atoms with Gasteiger partial charge in [0, 0.05) is 17.8 Å². The molecule has 7 nitrogen and oxygen atoms in total. The topological polar surface area (TPSA) is 79.2 Å². The van der Waals surface area contributed by atoms with Crippen LogP contribution in [0.2, 0.25) is 29.7 Å². The first kappa shape index (κ1) is 31.3. The zero-order valence-electron chi connectivity index (χ0n) is 25.7. The molecular formula is C31H49NO6Si2. The molecule has 222 valence electrons. The Hall–Kier alpha value is -1.60. The molecule has 4 rings (SSSR count). The van der Waals surface area contributed by atoms with E-state index in [9.17, 15) is 9.90 Å². The van der Waals surface area contributed by atoms with Gasteiger partial charge in [-0.15, -0.1) is 0 Å². The van der Waals surface area contributed by atoms with Crippen molar-refractivity contribution in [2.24, 2.45) is 0 Å². The molecule has 1 aromatic carbocycles. The molecule has 0 radical (unpaired) electrons. The number of fused-ring (bicyclic) bond motifs is 1. The summed E-state index contributed by atoms with van der Waals surface area (Å²) >= 11 is 0. The normalized spacial score (nSPS) is 26.9. The van der Waals surface area contributed by atoms with Crippen molar-refractivity contribution in [1.82, 2.24) is 4.57 Å². The lowest BCUT2D eigenvalue weighted by Gasteiger charge is -2.54. The number of hydrogen-bond acceptors (Lipinski definition) is 6. The monoisotopic (exact) mass is 587 g/mol. The van der Waals surface area contributed by atoms with Crippen LogP contribution >= 0.6 is 0 Å². The third-order valence-corrected chi connectivity index (χ3v) is 16.6. The maximum absolute atomic E-state index is 12.8. The molecule has 3 heterocycles. The van der Waals surface area contributed by atoms with Gasteiger partial charge in [-0.1, -0.05) is 72.7 Å². The van der Waals surface area contributed by atoms with Crippen LogP contribution in [0.3, 0.4) is 0 Å². The number of benzene rings is 1. The predicted molar refractivity (Wildman–Crippen MR) is 163 cm³/mol. The fourth-order valence-corrected chi connectivity index (χ4v) is 14.0. The lowest BCUT2D eigenvalue weighted by Crippen LogP contribution is -2.67. The van der Waals surface area contributed by atoms with Crippen molar-refractivity contribution in [3.05, 3.63) is 69.6 Å². The molecule has 2 aliphatic heterocycles. The number of ether oxygens (including phenoxy) is 1. The molecule has 2 aliphatic rings. The van der Waals surface area contributed by atoms with Crippen LogP contribution in [0, 0.1) is 0 Å². The number of aryl methyl sites for hydroxylation is 1. The minimum atomic E-state index is -2.40. The summed E-state index contributed by atoms with van der Waals surface area (Å²) in [4.78, 5) is 12.8. The maximum atomic E-state index is 12.8. The summed E-state index contributed by atoms with van der Waals surface area (Å²) in [5.41, 5.74) is 4.02. The summed E-state index contributed by atoms with van der Waals surface area (Å²) in [6, 6.07) is 11.7. The van der Waals surface area contributed by atoms with Gasteiger partial charge in [-0.3, -0.25) is 4.79 Å². The SMILES string of the molecule is CCc1ccc(Cn2cc([C@@H]3O[C@@H]4CO[Si](C)(C)O[C@H]4[C@@H](O[Si](C(C)C)(C(C)C)C(C)C)[C@H]3O)ccc2=O)cc1. The van der Waals surface area contributed by atoms with E-state index in [1.807, 2.05) is 19.3 Å². The highest BCUT2D eigenvalue weighted by Crippen LogP contribution is 2.47. The molecule has 2 fully saturated rings. The Labute approximate surface area is 242 Å². The van der Waals surface area contributed by atoms with E-state index in [4.69, 9.17) is 18.0 Å². The summed E-state index contributed by atoms with van der Waals surface area (Å²) in [6.45, 7) is 20.5. The molecule has 5 atom stereocenters. The van der Waals surface area contributed by atoms with Crippen LogP contribution in [0.4, 0.5) is 0 Å². The van der Waals surface area contributed by atoms with Gasteiger partial charge >= 0.3 is 8.56 Å². The number of aliphatic hydroxyl groups excluding tert-OH is 1. The smallest absolute Gasteiger partial charge is 0.332 e. The van der Waals surface area contributed by atoms with Gasteiger partial charge in [0.15, 0.2) is 0 Å². The Kier molecular flexibility index (Phi) is 9.66. The van der Waals surface area contributed by atoms with Crippen LogP contribution < -0.4 is 5.56 Å². The molecule has 9 heteroatoms. The van der Waals surface area contributed by atoms with Gasteiger partial charge in [-0.25, -0.2) is 0 Å². The molecule has 2 saturated heterocycles. The summed E-state index contributed by atoms with van der Waals surface area (Å²) < 4.78 is 28.1. The van der Waals surface area contributed by atoms with E-state index in [2.05, 4.69) is 72.7 Å². The summed E-state index contributed by atoms with van der Waals surface area (Å²) in [7, 11) is -4.76. The van der Waals surface area contributed by atoms with Crippen LogP contribution in [0.15, 0.2) is 47.4 Å². The highest BCUT2D eigenvalue weighted by Gasteiger charge is 2.56. The van der Waals surface area contributed by atoms with Crippen molar-refractivity contribution in [1.29, 1.82) is 0 Å². The average molecular weight is 588 g/mol. The van der Waals surface area contributed by atoms with E-state index in [0.717, 1.165) is 17.5 Å². The number of nitrogens with zero attached hydrogens (tertiary/aromatic N) is 1. The van der Waals surface area contributed by atoms with Crippen molar-refractivity contribution in [3.8, 4) is 0 Å². The molecule has 0 aliphatic carbocycles. The molecule has 40 heavy (non-hydrogen) atoms. The molecule has 0 spiro atoms. The molecule has 1 aromatic heterocycles. The highest BCUT2D eigenvalue weighted by molar-refractivity contribution is 6.77. The predicted octanol–water partition coefficient (Wildman–Crippen LogP) is 5.94. The van der Waals surface area contributed by atoms with Crippen LogP contribution in [0.5, 0.6) is 0 Å². The third kappa shape index (κ3) is 6.26. The van der Waals surface area contributed by atoms with Gasteiger partial charge in [0.1, 0.15) is 30.5 Å². The second kappa shape index (κ2) is 12.3. The Morgan fingerprint density at radius 1 is 1.00 bits per heavy atom. The number of pyridine rings is 1. The van der Waals surface area contributed by atoms with Crippen LogP contribution in [-0.2, 0) is 31.0 Å². The van der Waals surface area contributed by atoms with Crippen LogP contribution in [-0.4, -0.2) is 57.6 Å². The number of rotatable bonds is 9. The quantitative estimate of drug-likeness (QED) is 0.366. The summed E-state index contributed by atoms with van der Waals surface area (Å²) in [5, 5.41) is 12.0. The fourth-order valence-electron chi connectivity index (χ4n) is 6.82. The first-order valence-corrected chi connectivity index (χ1v) is 19.9. The van der Waals surface area contributed by atoms with E-state index in [1.165, 1.54) is 5.56 Å². The molecule has 1 N–H and O–H groups in total. The Morgan fingerprint density at radius 3 is 2.17 bits per heavy atom. The van der Waals surface area contributed by atoms with Gasteiger partial charge in [0.2, 0.25) is 8.32 Å². The zero-order valence-corrected chi connectivity index (χ0v) is 27.7. The zero-order chi connectivity index (χ0) is 29.4. The Morgan fingerprint density at radius 2 is 1.60 bits per heavy atom. The first-order chi connectivity index (χ1) is 18.8. The second-order valence-electron chi connectivity index (χ2n) is 12.9. The molecule has 0 bridgehead atoms. The van der Waals surface area contributed by atoms with E-state index < -0.39 is 41.3 Å². The van der Waals surface area contributed by atoms with E-state index in [-0.39, 0.29) is 11.7 Å². The standard InChI is InChI=1S/C31H49NO6Si2/c1-10-23-11-13-24(14-12-23)17-32-18-25(15-16-27(32)33)29-28(34)31(30-26(36-29)19-35-39(8,9)37-30)38-40(20(2)3,21(4)5)22(6)7/h11-16,18,20-22,26,28-31,34H,10,17,19H2,1-9H3/t26-,28+,29+,30-,31+/m1/s1. The molecule has 0 amide bonds. The first-order valence-electron chi connectivity index (χ1n) is 14.9. The van der Waals surface area contributed by atoms with Gasteiger partial charge in [0.25, 0.3) is 5.56 Å². The van der Waals surface area contributed by atoms with Crippen LogP contribution in [0.25, 0.3) is 0 Å². The van der Waals surface area contributed by atoms with Gasteiger partial charge in [-0.2, -0.15) is 0 Å². The Bertz CT molecular complexity index is 1170. The van der Waals surface area contributed by atoms with Crippen molar-refractivity contribution in [3.63, 3.8) is 0 Å². The largest absolute Gasteiger partial charge is 0.408 e. The Balaban J connectivity index is 1.70. The number of aliphatic hydroxyl groups is 1. The van der Waals surface area contributed by atoms with Crippen LogP contribution in [0.1, 0.15) is 71.3 Å². The summed E-state index contributed by atoms with van der Waals surface area (Å²) in [5.74, 6) is 0. The van der Waals surface area contributed by atoms with Gasteiger partial charge in [-0.05, 0) is 53.3 Å². The lowest BCUT2D eigenvalue weighted by atomic mass is 9.92. The van der Waals surface area contributed by atoms with Crippen molar-refractivity contribution in [2.75, 3.05) is 6.61 Å². The molecule has 0 unspecified atom stereocenters. The highest BCUT2D eigenvalue weighted by atomic mass is 28.4. The van der Waals surface area contributed by atoms with Crippen molar-refractivity contribution in [2.45, 2.75) is 122 Å². The van der Waals surface area contributed by atoms with Gasteiger partial charge in [0.05, 0.1) is 13.2 Å². The second-order valence-corrected chi connectivity index (χ2v) is 21.6. The number of hydrogen-bond donors (Lipinski definition) is 1. The minimum Gasteiger partial charge on any atom is -0.408 e. The molecule has 2 aromatic rings. The number of aromatic nitrogens is 1. The van der Waals surface area contributed by atoms with Crippen molar-refractivity contribution >= 4 is 16.9 Å². The van der Waals surface area contributed by atoms with Crippen molar-refractivity contribution < 1.29 is 23.1 Å². The van der Waals surface area contributed by atoms with E-state index in [0.29, 0.717) is 29.8 Å². The third-order valence-electron chi connectivity index (χ3n) is 8.84. The lowest BCUT2D eigenvalue weighted by molar-refractivity contribution is -0.239. The summed E-state index contributed by atoms with van der Waals surface area (Å²) in [6.07, 6.45) is -0.176. The molecular weight excluding hydrogens is 539 g/mol. The van der Waals surface area contributed by atoms with E-state index in [1.54, 1.807) is 16.7 Å². The maximum Gasteiger partial charge on any atom is 0.332 e. The minimum absolute atomic E-state index is 0.0952. The average Bonchev–Trinajstić information content (AvgIpc) is 2.89. The van der Waals surface area contributed by atoms with E-state index >= 15 is 0 Å². The van der Waals surface area contributed by atoms with Gasteiger partial charge < -0.3 is 27.7 Å². The fraction of sp³-hybridized carbons (Fsp3) is 0.645.